The summed E-state index contributed by atoms with van der Waals surface area (Å²) in [5.74, 6) is 0.666. The van der Waals surface area contributed by atoms with Gasteiger partial charge in [-0.1, -0.05) is 6.92 Å². The van der Waals surface area contributed by atoms with E-state index in [0.717, 1.165) is 13.0 Å². The Morgan fingerprint density at radius 2 is 2.31 bits per heavy atom. The zero-order chi connectivity index (χ0) is 11.8. The average Bonchev–Trinajstić information content (AvgIpc) is 2.73. The van der Waals surface area contributed by atoms with Gasteiger partial charge in [0.25, 0.3) is 0 Å². The molecule has 0 amide bonds. The lowest BCUT2D eigenvalue weighted by Crippen LogP contribution is -2.15. The number of ether oxygens (including phenoxy) is 2. The molecule has 5 heteroatoms. The molecule has 1 aromatic rings. The number of methoxy groups -OCH3 is 1. The van der Waals surface area contributed by atoms with Crippen LogP contribution in [0.1, 0.15) is 25.3 Å². The van der Waals surface area contributed by atoms with Gasteiger partial charge in [-0.25, -0.2) is 4.98 Å². The van der Waals surface area contributed by atoms with Crippen LogP contribution in [0.15, 0.2) is 12.4 Å². The van der Waals surface area contributed by atoms with Crippen molar-refractivity contribution in [2.24, 2.45) is 0 Å². The van der Waals surface area contributed by atoms with Crippen molar-refractivity contribution >= 4 is 0 Å². The maximum atomic E-state index is 9.87. The van der Waals surface area contributed by atoms with Gasteiger partial charge >= 0.3 is 0 Å². The van der Waals surface area contributed by atoms with Gasteiger partial charge in [0.15, 0.2) is 0 Å². The van der Waals surface area contributed by atoms with Crippen LogP contribution in [0.5, 0.6) is 0 Å². The number of nitrogens with zero attached hydrogens (tertiary/aromatic N) is 2. The SMILES string of the molecule is CCCn1ccnc1C(O)COCCOC. The molecule has 1 N–H and O–H groups in total. The first kappa shape index (κ1) is 13.2. The summed E-state index contributed by atoms with van der Waals surface area (Å²) in [5.41, 5.74) is 0. The Morgan fingerprint density at radius 3 is 3.00 bits per heavy atom. The molecule has 0 radical (unpaired) electrons. The summed E-state index contributed by atoms with van der Waals surface area (Å²) in [7, 11) is 1.62. The van der Waals surface area contributed by atoms with E-state index in [-0.39, 0.29) is 6.61 Å². The summed E-state index contributed by atoms with van der Waals surface area (Å²) in [5, 5.41) is 9.87. The van der Waals surface area contributed by atoms with Crippen LogP contribution in [-0.2, 0) is 16.0 Å². The number of aliphatic hydroxyl groups excluding tert-OH is 1. The third kappa shape index (κ3) is 3.92. The molecule has 0 bridgehead atoms. The minimum Gasteiger partial charge on any atom is -0.383 e. The minimum absolute atomic E-state index is 0.254. The van der Waals surface area contributed by atoms with Crippen molar-refractivity contribution in [3.63, 3.8) is 0 Å². The quantitative estimate of drug-likeness (QED) is 0.674. The van der Waals surface area contributed by atoms with Gasteiger partial charge < -0.3 is 19.1 Å². The van der Waals surface area contributed by atoms with E-state index < -0.39 is 6.10 Å². The van der Waals surface area contributed by atoms with E-state index in [9.17, 15) is 5.11 Å². The van der Waals surface area contributed by atoms with E-state index in [4.69, 9.17) is 9.47 Å². The number of hydrogen-bond donors (Lipinski definition) is 1. The number of aromatic nitrogens is 2. The lowest BCUT2D eigenvalue weighted by Gasteiger charge is -2.12. The van der Waals surface area contributed by atoms with Crippen LogP contribution in [0, 0.1) is 0 Å². The zero-order valence-electron chi connectivity index (χ0n) is 9.93. The first-order valence-corrected chi connectivity index (χ1v) is 5.55. The fourth-order valence-corrected chi connectivity index (χ4v) is 1.46. The van der Waals surface area contributed by atoms with Gasteiger partial charge in [-0.2, -0.15) is 0 Å². The highest BCUT2D eigenvalue weighted by atomic mass is 16.5. The highest BCUT2D eigenvalue weighted by molar-refractivity contribution is 4.96. The lowest BCUT2D eigenvalue weighted by molar-refractivity contribution is 0.00808. The second-order valence-corrected chi connectivity index (χ2v) is 3.56. The van der Waals surface area contributed by atoms with Crippen molar-refractivity contribution in [1.29, 1.82) is 0 Å². The van der Waals surface area contributed by atoms with Crippen molar-refractivity contribution in [2.45, 2.75) is 26.0 Å². The second-order valence-electron chi connectivity index (χ2n) is 3.56. The number of hydrogen-bond acceptors (Lipinski definition) is 4. The van der Waals surface area contributed by atoms with Crippen molar-refractivity contribution < 1.29 is 14.6 Å². The normalized spacial score (nSPS) is 12.9. The molecule has 92 valence electrons. The molecule has 0 saturated carbocycles. The standard InChI is InChI=1S/C11H20N2O3/c1-3-5-13-6-4-12-11(13)10(14)9-16-8-7-15-2/h4,6,10,14H,3,5,7-9H2,1-2H3. The molecule has 0 spiro atoms. The van der Waals surface area contributed by atoms with E-state index in [1.807, 2.05) is 10.8 Å². The molecule has 5 nitrogen and oxygen atoms in total. The largest absolute Gasteiger partial charge is 0.383 e. The Hall–Kier alpha value is -0.910. The van der Waals surface area contributed by atoms with E-state index in [1.165, 1.54) is 0 Å². The van der Waals surface area contributed by atoms with Crippen LogP contribution in [0.3, 0.4) is 0 Å². The molecule has 0 aliphatic carbocycles. The fourth-order valence-electron chi connectivity index (χ4n) is 1.46. The van der Waals surface area contributed by atoms with E-state index in [2.05, 4.69) is 11.9 Å². The molecular formula is C11H20N2O3. The third-order valence-corrected chi connectivity index (χ3v) is 2.22. The Kier molecular flexibility index (Phi) is 6.07. The second kappa shape index (κ2) is 7.38. The van der Waals surface area contributed by atoms with Gasteiger partial charge in [0.1, 0.15) is 11.9 Å². The maximum absolute atomic E-state index is 9.87. The zero-order valence-corrected chi connectivity index (χ0v) is 9.93. The molecular weight excluding hydrogens is 208 g/mol. The predicted octanol–water partition coefficient (Wildman–Crippen LogP) is 0.989. The summed E-state index contributed by atoms with van der Waals surface area (Å²) in [6.07, 6.45) is 3.92. The van der Waals surface area contributed by atoms with Gasteiger partial charge in [-0.15, -0.1) is 0 Å². The molecule has 1 aromatic heterocycles. The highest BCUT2D eigenvalue weighted by Gasteiger charge is 2.13. The summed E-state index contributed by atoms with van der Waals surface area (Å²) < 4.78 is 12.1. The minimum atomic E-state index is -0.668. The molecule has 1 unspecified atom stereocenters. The molecule has 1 heterocycles. The van der Waals surface area contributed by atoms with Gasteiger partial charge in [0.05, 0.1) is 19.8 Å². The van der Waals surface area contributed by atoms with E-state index in [1.54, 1.807) is 13.3 Å². The molecule has 0 aromatic carbocycles. The Labute approximate surface area is 96.0 Å². The predicted molar refractivity (Wildman–Crippen MR) is 60.2 cm³/mol. The fraction of sp³-hybridized carbons (Fsp3) is 0.727. The van der Waals surface area contributed by atoms with Crippen LogP contribution in [0.2, 0.25) is 0 Å². The van der Waals surface area contributed by atoms with E-state index >= 15 is 0 Å². The molecule has 1 rings (SSSR count). The van der Waals surface area contributed by atoms with Crippen molar-refractivity contribution in [3.05, 3.63) is 18.2 Å². The molecule has 0 aliphatic heterocycles. The van der Waals surface area contributed by atoms with Gasteiger partial charge in [0, 0.05) is 26.0 Å². The Balaban J connectivity index is 2.39. The first-order chi connectivity index (χ1) is 7.79. The van der Waals surface area contributed by atoms with Crippen molar-refractivity contribution in [2.75, 3.05) is 26.9 Å². The molecule has 0 aliphatic rings. The van der Waals surface area contributed by atoms with Gasteiger partial charge in [-0.3, -0.25) is 0 Å². The number of rotatable bonds is 8. The van der Waals surface area contributed by atoms with E-state index in [0.29, 0.717) is 19.0 Å². The first-order valence-electron chi connectivity index (χ1n) is 5.55. The summed E-state index contributed by atoms with van der Waals surface area (Å²) in [4.78, 5) is 4.14. The Morgan fingerprint density at radius 1 is 1.50 bits per heavy atom. The molecule has 0 fully saturated rings. The number of imidazole rings is 1. The molecule has 0 saturated heterocycles. The Bertz CT molecular complexity index is 289. The average molecular weight is 228 g/mol. The van der Waals surface area contributed by atoms with Crippen LogP contribution in [-0.4, -0.2) is 41.6 Å². The van der Waals surface area contributed by atoms with Crippen LogP contribution < -0.4 is 0 Å². The van der Waals surface area contributed by atoms with Gasteiger partial charge in [0.2, 0.25) is 0 Å². The smallest absolute Gasteiger partial charge is 0.140 e. The molecule has 16 heavy (non-hydrogen) atoms. The van der Waals surface area contributed by atoms with Gasteiger partial charge in [-0.05, 0) is 6.42 Å². The topological polar surface area (TPSA) is 56.5 Å². The van der Waals surface area contributed by atoms with Crippen LogP contribution >= 0.6 is 0 Å². The summed E-state index contributed by atoms with van der Waals surface area (Å²) in [6.45, 7) is 4.23. The maximum Gasteiger partial charge on any atom is 0.140 e. The van der Waals surface area contributed by atoms with Crippen molar-refractivity contribution in [3.8, 4) is 0 Å². The van der Waals surface area contributed by atoms with Crippen LogP contribution in [0.25, 0.3) is 0 Å². The molecule has 1 atom stereocenters. The third-order valence-electron chi connectivity index (χ3n) is 2.22. The number of aryl methyl sites for hydroxylation is 1. The number of aliphatic hydroxyl groups is 1. The van der Waals surface area contributed by atoms with Crippen LogP contribution in [0.4, 0.5) is 0 Å². The lowest BCUT2D eigenvalue weighted by atomic mass is 10.3. The summed E-state index contributed by atoms with van der Waals surface area (Å²) in [6, 6.07) is 0. The monoisotopic (exact) mass is 228 g/mol. The highest BCUT2D eigenvalue weighted by Crippen LogP contribution is 2.11. The summed E-state index contributed by atoms with van der Waals surface area (Å²) >= 11 is 0. The van der Waals surface area contributed by atoms with Crippen molar-refractivity contribution in [1.82, 2.24) is 9.55 Å².